The van der Waals surface area contributed by atoms with Crippen molar-refractivity contribution >= 4 is 23.7 Å². The lowest BCUT2D eigenvalue weighted by Crippen LogP contribution is -2.40. The maximum atomic E-state index is 11.6. The Labute approximate surface area is 115 Å². The lowest BCUT2D eigenvalue weighted by atomic mass is 10.6. The van der Waals surface area contributed by atoms with Gasteiger partial charge in [0.1, 0.15) is 5.82 Å². The molecule has 8 heteroatoms. The molecule has 0 radical (unpaired) electrons. The normalized spacial score (nSPS) is 14.2. The summed E-state index contributed by atoms with van der Waals surface area (Å²) in [7, 11) is 0. The number of nitrogens with one attached hydrogen (secondary N) is 2. The van der Waals surface area contributed by atoms with Gasteiger partial charge < -0.3 is 9.88 Å². The van der Waals surface area contributed by atoms with Crippen LogP contribution in [0.2, 0.25) is 0 Å². The molecule has 1 aliphatic carbocycles. The smallest absolute Gasteiger partial charge is 0.321 e. The Hall–Kier alpha value is -1.57. The molecular formula is C11H17N5O2S. The topological polar surface area (TPSA) is 88.9 Å². The van der Waals surface area contributed by atoms with Crippen molar-refractivity contribution in [1.29, 1.82) is 0 Å². The second-order valence-corrected chi connectivity index (χ2v) is 5.27. The summed E-state index contributed by atoms with van der Waals surface area (Å²) in [5.41, 5.74) is 0. The first-order valence-electron chi connectivity index (χ1n) is 6.23. The minimum Gasteiger partial charge on any atom is -0.338 e. The van der Waals surface area contributed by atoms with Crippen molar-refractivity contribution in [3.05, 3.63) is 5.82 Å². The number of amides is 3. The summed E-state index contributed by atoms with van der Waals surface area (Å²) in [5.74, 6) is 0.690. The molecule has 0 aromatic carbocycles. The lowest BCUT2D eigenvalue weighted by molar-refractivity contribution is -0.117. The van der Waals surface area contributed by atoms with Gasteiger partial charge in [0.2, 0.25) is 5.91 Å². The summed E-state index contributed by atoms with van der Waals surface area (Å²) in [6.45, 7) is 4.19. The molecule has 1 fully saturated rings. The van der Waals surface area contributed by atoms with Crippen molar-refractivity contribution in [2.75, 3.05) is 12.3 Å². The first-order chi connectivity index (χ1) is 9.11. The molecule has 1 aromatic rings. The van der Waals surface area contributed by atoms with Crippen molar-refractivity contribution in [2.45, 2.75) is 37.9 Å². The third-order valence-electron chi connectivity index (χ3n) is 2.67. The highest BCUT2D eigenvalue weighted by Crippen LogP contribution is 2.38. The van der Waals surface area contributed by atoms with Crippen LogP contribution in [-0.2, 0) is 4.79 Å². The van der Waals surface area contributed by atoms with Gasteiger partial charge in [0.25, 0.3) is 0 Å². The maximum Gasteiger partial charge on any atom is 0.321 e. The zero-order valence-corrected chi connectivity index (χ0v) is 11.8. The van der Waals surface area contributed by atoms with Crippen LogP contribution in [0.3, 0.4) is 0 Å². The predicted molar refractivity (Wildman–Crippen MR) is 71.0 cm³/mol. The van der Waals surface area contributed by atoms with E-state index in [-0.39, 0.29) is 11.7 Å². The van der Waals surface area contributed by atoms with Gasteiger partial charge in [-0.3, -0.25) is 10.1 Å². The molecule has 2 rings (SSSR count). The number of thioether (sulfide) groups is 1. The molecule has 1 aliphatic rings. The molecule has 3 amide bonds. The highest BCUT2D eigenvalue weighted by molar-refractivity contribution is 7.99. The van der Waals surface area contributed by atoms with Crippen LogP contribution in [0.4, 0.5) is 4.79 Å². The maximum absolute atomic E-state index is 11.6. The van der Waals surface area contributed by atoms with Crippen LogP contribution in [0, 0.1) is 6.92 Å². The quantitative estimate of drug-likeness (QED) is 0.782. The summed E-state index contributed by atoms with van der Waals surface area (Å²) < 4.78 is 2.06. The zero-order valence-electron chi connectivity index (χ0n) is 11.0. The number of hydrogen-bond donors (Lipinski definition) is 2. The largest absolute Gasteiger partial charge is 0.338 e. The van der Waals surface area contributed by atoms with Gasteiger partial charge >= 0.3 is 6.03 Å². The molecule has 104 valence electrons. The van der Waals surface area contributed by atoms with Gasteiger partial charge in [0, 0.05) is 12.6 Å². The van der Waals surface area contributed by atoms with Crippen LogP contribution in [0.1, 0.15) is 31.6 Å². The highest BCUT2D eigenvalue weighted by Gasteiger charge is 2.28. The van der Waals surface area contributed by atoms with E-state index < -0.39 is 6.03 Å². The zero-order chi connectivity index (χ0) is 13.8. The monoisotopic (exact) mass is 283 g/mol. The van der Waals surface area contributed by atoms with E-state index in [0.717, 1.165) is 23.8 Å². The number of aromatic nitrogens is 3. The van der Waals surface area contributed by atoms with Crippen LogP contribution in [-0.4, -0.2) is 39.0 Å². The molecule has 1 heterocycles. The van der Waals surface area contributed by atoms with E-state index in [1.807, 2.05) is 6.92 Å². The van der Waals surface area contributed by atoms with E-state index in [9.17, 15) is 9.59 Å². The first kappa shape index (κ1) is 13.9. The van der Waals surface area contributed by atoms with E-state index in [1.54, 1.807) is 6.92 Å². The molecule has 1 aromatic heterocycles. The number of carbonyl (C=O) groups is 2. The Kier molecular flexibility index (Phi) is 4.41. The SMILES string of the molecule is CCNC(=O)NC(=O)CSc1nnc(C)n1C1CC1. The molecular weight excluding hydrogens is 266 g/mol. The minimum absolute atomic E-state index is 0.155. The second-order valence-electron chi connectivity index (χ2n) is 4.33. The van der Waals surface area contributed by atoms with E-state index in [2.05, 4.69) is 25.4 Å². The van der Waals surface area contributed by atoms with Gasteiger partial charge in [-0.1, -0.05) is 11.8 Å². The van der Waals surface area contributed by atoms with Crippen molar-refractivity contribution in [3.8, 4) is 0 Å². The van der Waals surface area contributed by atoms with Gasteiger partial charge in [-0.15, -0.1) is 10.2 Å². The number of rotatable bonds is 5. The van der Waals surface area contributed by atoms with E-state index >= 15 is 0 Å². The summed E-state index contributed by atoms with van der Waals surface area (Å²) in [4.78, 5) is 22.7. The molecule has 1 saturated carbocycles. The number of aryl methyl sites for hydroxylation is 1. The molecule has 0 atom stereocenters. The van der Waals surface area contributed by atoms with Gasteiger partial charge in [-0.05, 0) is 26.7 Å². The van der Waals surface area contributed by atoms with Crippen LogP contribution < -0.4 is 10.6 Å². The Morgan fingerprint density at radius 2 is 2.16 bits per heavy atom. The van der Waals surface area contributed by atoms with Crippen LogP contribution >= 0.6 is 11.8 Å². The van der Waals surface area contributed by atoms with Crippen LogP contribution in [0.15, 0.2) is 5.16 Å². The molecule has 0 bridgehead atoms. The summed E-state index contributed by atoms with van der Waals surface area (Å²) in [6, 6.07) is 0.0110. The molecule has 2 N–H and O–H groups in total. The van der Waals surface area contributed by atoms with Crippen LogP contribution in [0.25, 0.3) is 0 Å². The predicted octanol–water partition coefficient (Wildman–Crippen LogP) is 0.859. The second kappa shape index (κ2) is 6.05. The fraction of sp³-hybridized carbons (Fsp3) is 0.636. The molecule has 0 spiro atoms. The number of nitrogens with zero attached hydrogens (tertiary/aromatic N) is 3. The Morgan fingerprint density at radius 3 is 2.79 bits per heavy atom. The molecule has 7 nitrogen and oxygen atoms in total. The highest BCUT2D eigenvalue weighted by atomic mass is 32.2. The van der Waals surface area contributed by atoms with Crippen molar-refractivity contribution in [2.24, 2.45) is 0 Å². The summed E-state index contributed by atoms with van der Waals surface area (Å²) in [5, 5.41) is 13.6. The first-order valence-corrected chi connectivity index (χ1v) is 7.22. The Bertz CT molecular complexity index is 483. The Balaban J connectivity index is 1.85. The van der Waals surface area contributed by atoms with Gasteiger partial charge in [-0.2, -0.15) is 0 Å². The minimum atomic E-state index is -0.465. The standard InChI is InChI=1S/C11H17N5O2S/c1-3-12-10(18)13-9(17)6-19-11-15-14-7(2)16(11)8-4-5-8/h8H,3-6H2,1-2H3,(H2,12,13,17,18). The number of imide groups is 1. The fourth-order valence-electron chi connectivity index (χ4n) is 1.70. The van der Waals surface area contributed by atoms with Crippen LogP contribution in [0.5, 0.6) is 0 Å². The third kappa shape index (κ3) is 3.69. The van der Waals surface area contributed by atoms with Crippen molar-refractivity contribution in [3.63, 3.8) is 0 Å². The summed E-state index contributed by atoms with van der Waals surface area (Å²) in [6.07, 6.45) is 2.27. The van der Waals surface area contributed by atoms with Gasteiger partial charge in [0.05, 0.1) is 5.75 Å². The summed E-state index contributed by atoms with van der Waals surface area (Å²) >= 11 is 1.30. The Morgan fingerprint density at radius 1 is 1.42 bits per heavy atom. The molecule has 19 heavy (non-hydrogen) atoms. The van der Waals surface area contributed by atoms with E-state index in [0.29, 0.717) is 12.6 Å². The average Bonchev–Trinajstić information content (AvgIpc) is 3.11. The third-order valence-corrected chi connectivity index (χ3v) is 3.61. The molecule has 0 aliphatic heterocycles. The lowest BCUT2D eigenvalue weighted by Gasteiger charge is -2.06. The fourth-order valence-corrected chi connectivity index (χ4v) is 2.55. The van der Waals surface area contributed by atoms with Gasteiger partial charge in [-0.25, -0.2) is 4.79 Å². The number of carbonyl (C=O) groups excluding carboxylic acids is 2. The van der Waals surface area contributed by atoms with E-state index in [1.165, 1.54) is 11.8 Å². The van der Waals surface area contributed by atoms with Crippen molar-refractivity contribution in [1.82, 2.24) is 25.4 Å². The van der Waals surface area contributed by atoms with E-state index in [4.69, 9.17) is 0 Å². The molecule has 0 saturated heterocycles. The number of hydrogen-bond acceptors (Lipinski definition) is 5. The van der Waals surface area contributed by atoms with Gasteiger partial charge in [0.15, 0.2) is 5.16 Å². The average molecular weight is 283 g/mol. The number of urea groups is 1. The van der Waals surface area contributed by atoms with Crippen molar-refractivity contribution < 1.29 is 9.59 Å². The molecule has 0 unspecified atom stereocenters.